The molecule has 2 rings (SSSR count). The Morgan fingerprint density at radius 1 is 1.43 bits per heavy atom. The number of aliphatic hydroxyl groups is 1. The molecular formula is C16H29N5O2. The molecule has 0 spiro atoms. The molecular weight excluding hydrogens is 294 g/mol. The van der Waals surface area contributed by atoms with Crippen molar-refractivity contribution in [1.29, 1.82) is 0 Å². The maximum Gasteiger partial charge on any atom is 0.237 e. The van der Waals surface area contributed by atoms with Crippen LogP contribution in [0, 0.1) is 0 Å². The second kappa shape index (κ2) is 6.97. The highest BCUT2D eigenvalue weighted by Crippen LogP contribution is 2.29. The van der Waals surface area contributed by atoms with E-state index in [-0.39, 0.29) is 24.0 Å². The van der Waals surface area contributed by atoms with Crippen LogP contribution < -0.4 is 5.32 Å². The van der Waals surface area contributed by atoms with Gasteiger partial charge in [-0.2, -0.15) is 0 Å². The van der Waals surface area contributed by atoms with Gasteiger partial charge >= 0.3 is 0 Å². The van der Waals surface area contributed by atoms with E-state index in [1.54, 1.807) is 24.7 Å². The molecule has 0 unspecified atom stereocenters. The van der Waals surface area contributed by atoms with Crippen LogP contribution in [0.25, 0.3) is 0 Å². The minimum absolute atomic E-state index is 0.0368. The second-order valence-electron chi connectivity index (χ2n) is 7.25. The molecule has 1 aliphatic carbocycles. The van der Waals surface area contributed by atoms with Crippen molar-refractivity contribution >= 4 is 5.91 Å². The Bertz CT molecular complexity index is 535. The Kier molecular flexibility index (Phi) is 5.41. The van der Waals surface area contributed by atoms with Crippen LogP contribution in [0.2, 0.25) is 0 Å². The molecule has 1 aliphatic rings. The monoisotopic (exact) mass is 323 g/mol. The Labute approximate surface area is 138 Å². The highest BCUT2D eigenvalue weighted by atomic mass is 16.3. The zero-order valence-corrected chi connectivity index (χ0v) is 14.8. The standard InChI is InChI=1S/C16H29N5O2/c1-11(20(4)5)15(22)17-12-8-6-7-9-13(12)21-10-14(18-19-21)16(2,3)23/h10-13,23H,6-9H2,1-5H3,(H,17,22)/t11-,12-,13+/m0/s1. The van der Waals surface area contributed by atoms with Gasteiger partial charge in [-0.1, -0.05) is 18.1 Å². The average molecular weight is 323 g/mol. The molecule has 23 heavy (non-hydrogen) atoms. The van der Waals surface area contributed by atoms with E-state index < -0.39 is 5.60 Å². The van der Waals surface area contributed by atoms with Crippen molar-refractivity contribution < 1.29 is 9.90 Å². The van der Waals surface area contributed by atoms with Gasteiger partial charge < -0.3 is 10.4 Å². The highest BCUT2D eigenvalue weighted by Gasteiger charge is 2.31. The summed E-state index contributed by atoms with van der Waals surface area (Å²) in [4.78, 5) is 14.3. The number of nitrogens with one attached hydrogen (secondary N) is 1. The van der Waals surface area contributed by atoms with Gasteiger partial charge in [-0.25, -0.2) is 4.68 Å². The Morgan fingerprint density at radius 2 is 2.09 bits per heavy atom. The molecule has 7 nitrogen and oxygen atoms in total. The first kappa shape index (κ1) is 17.9. The fraction of sp³-hybridized carbons (Fsp3) is 0.812. The lowest BCUT2D eigenvalue weighted by Crippen LogP contribution is -2.49. The first-order chi connectivity index (χ1) is 10.7. The molecule has 1 saturated carbocycles. The SMILES string of the molecule is C[C@@H](C(=O)N[C@H]1CCCC[C@H]1n1cc(C(C)(C)O)nn1)N(C)C. The quantitative estimate of drug-likeness (QED) is 0.846. The van der Waals surface area contributed by atoms with Crippen LogP contribution in [-0.2, 0) is 10.4 Å². The first-order valence-corrected chi connectivity index (χ1v) is 8.31. The Balaban J connectivity index is 2.12. The molecule has 0 bridgehead atoms. The van der Waals surface area contributed by atoms with E-state index in [9.17, 15) is 9.90 Å². The summed E-state index contributed by atoms with van der Waals surface area (Å²) in [5.74, 6) is 0.0368. The molecule has 1 heterocycles. The Morgan fingerprint density at radius 3 is 2.65 bits per heavy atom. The lowest BCUT2D eigenvalue weighted by atomic mass is 9.90. The number of nitrogens with zero attached hydrogens (tertiary/aromatic N) is 4. The largest absolute Gasteiger partial charge is 0.384 e. The van der Waals surface area contributed by atoms with Crippen molar-refractivity contribution in [1.82, 2.24) is 25.2 Å². The van der Waals surface area contributed by atoms with Gasteiger partial charge in [0.15, 0.2) is 0 Å². The molecule has 0 radical (unpaired) electrons. The molecule has 0 saturated heterocycles. The number of likely N-dealkylation sites (N-methyl/N-ethyl adjacent to an activating group) is 1. The zero-order chi connectivity index (χ0) is 17.2. The summed E-state index contributed by atoms with van der Waals surface area (Å²) in [6, 6.07) is -0.0269. The average Bonchev–Trinajstić information content (AvgIpc) is 2.96. The number of amides is 1. The lowest BCUT2D eigenvalue weighted by Gasteiger charge is -2.33. The minimum Gasteiger partial charge on any atom is -0.384 e. The number of rotatable bonds is 5. The molecule has 1 aromatic heterocycles. The molecule has 0 aliphatic heterocycles. The van der Waals surface area contributed by atoms with Gasteiger partial charge in [-0.05, 0) is 47.7 Å². The number of carbonyl (C=O) groups excluding carboxylic acids is 1. The molecule has 1 fully saturated rings. The van der Waals surface area contributed by atoms with Crippen LogP contribution in [-0.4, -0.2) is 57.1 Å². The third-order valence-electron chi connectivity index (χ3n) is 4.69. The molecule has 1 aromatic rings. The summed E-state index contributed by atoms with van der Waals surface area (Å²) in [6.45, 7) is 5.29. The van der Waals surface area contributed by atoms with Crippen LogP contribution in [0.15, 0.2) is 6.20 Å². The van der Waals surface area contributed by atoms with Crippen molar-refractivity contribution in [3.05, 3.63) is 11.9 Å². The zero-order valence-electron chi connectivity index (χ0n) is 14.8. The van der Waals surface area contributed by atoms with Gasteiger partial charge in [-0.3, -0.25) is 9.69 Å². The van der Waals surface area contributed by atoms with Crippen molar-refractivity contribution in [2.75, 3.05) is 14.1 Å². The van der Waals surface area contributed by atoms with E-state index in [2.05, 4.69) is 15.6 Å². The summed E-state index contributed by atoms with van der Waals surface area (Å²) >= 11 is 0. The van der Waals surface area contributed by atoms with E-state index >= 15 is 0 Å². The second-order valence-corrected chi connectivity index (χ2v) is 7.25. The van der Waals surface area contributed by atoms with Crippen molar-refractivity contribution in [3.63, 3.8) is 0 Å². The predicted molar refractivity (Wildman–Crippen MR) is 87.9 cm³/mol. The Hall–Kier alpha value is -1.47. The number of carbonyl (C=O) groups is 1. The van der Waals surface area contributed by atoms with Gasteiger partial charge in [0.25, 0.3) is 0 Å². The van der Waals surface area contributed by atoms with Gasteiger partial charge in [0.2, 0.25) is 5.91 Å². The molecule has 130 valence electrons. The van der Waals surface area contributed by atoms with Gasteiger partial charge in [0, 0.05) is 0 Å². The third-order valence-corrected chi connectivity index (χ3v) is 4.69. The van der Waals surface area contributed by atoms with E-state index in [0.29, 0.717) is 5.69 Å². The lowest BCUT2D eigenvalue weighted by molar-refractivity contribution is -0.126. The smallest absolute Gasteiger partial charge is 0.237 e. The van der Waals surface area contributed by atoms with Crippen LogP contribution in [0.3, 0.4) is 0 Å². The van der Waals surface area contributed by atoms with Gasteiger partial charge in [0.1, 0.15) is 11.3 Å². The molecule has 2 N–H and O–H groups in total. The van der Waals surface area contributed by atoms with Crippen LogP contribution in [0.5, 0.6) is 0 Å². The van der Waals surface area contributed by atoms with Crippen molar-refractivity contribution in [3.8, 4) is 0 Å². The summed E-state index contributed by atoms with van der Waals surface area (Å²) in [6.07, 6.45) is 5.90. The van der Waals surface area contributed by atoms with Crippen LogP contribution >= 0.6 is 0 Å². The maximum absolute atomic E-state index is 12.4. The fourth-order valence-corrected chi connectivity index (χ4v) is 2.85. The number of hydrogen-bond acceptors (Lipinski definition) is 5. The normalized spacial score (nSPS) is 23.8. The third kappa shape index (κ3) is 4.29. The van der Waals surface area contributed by atoms with Crippen LogP contribution in [0.4, 0.5) is 0 Å². The summed E-state index contributed by atoms with van der Waals surface area (Å²) in [7, 11) is 3.80. The van der Waals surface area contributed by atoms with E-state index in [4.69, 9.17) is 0 Å². The first-order valence-electron chi connectivity index (χ1n) is 8.31. The number of aromatic nitrogens is 3. The predicted octanol–water partition coefficient (Wildman–Crippen LogP) is 1.06. The number of hydrogen-bond donors (Lipinski definition) is 2. The van der Waals surface area contributed by atoms with E-state index in [1.807, 2.05) is 25.9 Å². The molecule has 0 aromatic carbocycles. The maximum atomic E-state index is 12.4. The van der Waals surface area contributed by atoms with Crippen molar-refractivity contribution in [2.24, 2.45) is 0 Å². The molecule has 1 amide bonds. The fourth-order valence-electron chi connectivity index (χ4n) is 2.85. The van der Waals surface area contributed by atoms with E-state index in [0.717, 1.165) is 25.7 Å². The topological polar surface area (TPSA) is 83.3 Å². The molecule has 7 heteroatoms. The minimum atomic E-state index is -1.01. The van der Waals surface area contributed by atoms with Gasteiger partial charge in [0.05, 0.1) is 24.3 Å². The van der Waals surface area contributed by atoms with Gasteiger partial charge in [-0.15, -0.1) is 5.10 Å². The summed E-state index contributed by atoms with van der Waals surface area (Å²) in [5.41, 5.74) is -0.458. The summed E-state index contributed by atoms with van der Waals surface area (Å²) in [5, 5.41) is 21.5. The molecule has 3 atom stereocenters. The van der Waals surface area contributed by atoms with Crippen molar-refractivity contribution in [2.45, 2.75) is 70.2 Å². The summed E-state index contributed by atoms with van der Waals surface area (Å²) < 4.78 is 1.80. The van der Waals surface area contributed by atoms with E-state index in [1.165, 1.54) is 0 Å². The van der Waals surface area contributed by atoms with Crippen LogP contribution in [0.1, 0.15) is 58.2 Å². The highest BCUT2D eigenvalue weighted by molar-refractivity contribution is 5.81.